The monoisotopic (exact) mass is 1520 g/mol. The van der Waals surface area contributed by atoms with E-state index in [0.717, 1.165) is 0 Å². The quantitative estimate of drug-likeness (QED) is 0.0445. The molecule has 0 saturated carbocycles. The first kappa shape index (κ1) is 86.4. The van der Waals surface area contributed by atoms with Gasteiger partial charge in [0.2, 0.25) is 0 Å². The van der Waals surface area contributed by atoms with Crippen LogP contribution in [0.5, 0.6) is 0 Å². The minimum absolute atomic E-state index is 0.717. The van der Waals surface area contributed by atoms with Crippen LogP contribution in [0, 0.1) is 0 Å². The Kier molecular flexibility index (Phi) is 33.8. The van der Waals surface area contributed by atoms with Crippen LogP contribution in [0.4, 0.5) is 0 Å². The summed E-state index contributed by atoms with van der Waals surface area (Å²) in [7, 11) is 21.8. The molecule has 30 saturated heterocycles. The molecule has 16 bridgehead atoms. The van der Waals surface area contributed by atoms with Gasteiger partial charge in [-0.2, -0.15) is 0 Å². The van der Waals surface area contributed by atoms with Gasteiger partial charge in [-0.3, -0.25) is 0 Å². The Labute approximate surface area is 603 Å². The smallest absolute Gasteiger partial charge is 0.187 e. The Balaban J connectivity index is 1.08. The first-order valence-corrected chi connectivity index (χ1v) is 34.3. The highest BCUT2D eigenvalue weighted by Gasteiger charge is 2.63. The zero-order valence-corrected chi connectivity index (χ0v) is 61.4. The topological polar surface area (TPSA) is 457 Å². The van der Waals surface area contributed by atoms with Crippen molar-refractivity contribution in [2.75, 3.05) is 167 Å². The maximum absolute atomic E-state index is 11.2. The van der Waals surface area contributed by atoms with E-state index in [2.05, 4.69) is 0 Å². The van der Waals surface area contributed by atoms with Gasteiger partial charge in [0.05, 0.1) is 52.9 Å². The highest BCUT2D eigenvalue weighted by Crippen LogP contribution is 2.43. The summed E-state index contributed by atoms with van der Waals surface area (Å²) in [4.78, 5) is 0. The molecular weight excluding hydrogens is 1410 g/mol. The molecule has 40 nitrogen and oxygen atoms in total. The lowest BCUT2D eigenvalue weighted by atomic mass is 9.94. The van der Waals surface area contributed by atoms with Crippen LogP contribution < -0.4 is 0 Å². The van der Waals surface area contributed by atoms with Crippen molar-refractivity contribution in [1.29, 1.82) is 0 Å². The zero-order valence-electron chi connectivity index (χ0n) is 61.4. The first-order valence-electron chi connectivity index (χ1n) is 34.3. The second kappa shape index (κ2) is 40.7. The molecule has 0 aliphatic carbocycles. The molecule has 0 spiro atoms. The van der Waals surface area contributed by atoms with Crippen LogP contribution in [0.25, 0.3) is 0 Å². The number of aliphatic hydroxyl groups is 8. The Hall–Kier alpha value is -1.60. The van der Waals surface area contributed by atoms with Gasteiger partial charge >= 0.3 is 0 Å². The first-order chi connectivity index (χ1) is 50.5. The van der Waals surface area contributed by atoms with Crippen LogP contribution in [0.1, 0.15) is 0 Å². The third-order valence-corrected chi connectivity index (χ3v) is 20.9. The molecule has 30 aliphatic heterocycles. The molecule has 0 aromatic heterocycles. The predicted octanol–water partition coefficient (Wildman–Crippen LogP) is -6.94. The van der Waals surface area contributed by atoms with E-state index in [1.807, 2.05) is 0 Å². The van der Waals surface area contributed by atoms with Gasteiger partial charge in [0, 0.05) is 114 Å². The predicted molar refractivity (Wildman–Crippen MR) is 338 cm³/mol. The minimum Gasteiger partial charge on any atom is -0.394 e. The summed E-state index contributed by atoms with van der Waals surface area (Å²) in [6.45, 7) is -5.74. The van der Waals surface area contributed by atoms with Gasteiger partial charge in [-0.25, -0.2) is 0 Å². The molecule has 8 N–H and O–H groups in total. The van der Waals surface area contributed by atoms with Crippen LogP contribution in [0.3, 0.4) is 0 Å². The second-order valence-electron chi connectivity index (χ2n) is 25.8. The van der Waals surface area contributed by atoms with Gasteiger partial charge in [-0.15, -0.1) is 0 Å². The molecule has 608 valence electrons. The van der Waals surface area contributed by atoms with E-state index in [1.165, 1.54) is 114 Å². The summed E-state index contributed by atoms with van der Waals surface area (Å²) in [5, 5.41) is 89.4. The second-order valence-corrected chi connectivity index (χ2v) is 25.8. The van der Waals surface area contributed by atoms with E-state index >= 15 is 0 Å². The average Bonchev–Trinajstić information content (AvgIpc) is 0.766. The highest BCUT2D eigenvalue weighted by atomic mass is 16.8. The van der Waals surface area contributed by atoms with E-state index in [9.17, 15) is 40.9 Å². The van der Waals surface area contributed by atoms with Gasteiger partial charge in [0.15, 0.2) is 50.3 Å². The van der Waals surface area contributed by atoms with E-state index < -0.39 is 299 Å². The van der Waals surface area contributed by atoms with Crippen LogP contribution >= 0.6 is 0 Å². The van der Waals surface area contributed by atoms with Crippen LogP contribution in [0.2, 0.25) is 0 Å². The molecule has 30 fully saturated rings. The molecule has 40 heteroatoms. The Morgan fingerprint density at radius 2 is 0.231 bits per heavy atom. The lowest BCUT2D eigenvalue weighted by molar-refractivity contribution is -0.409. The van der Waals surface area contributed by atoms with Gasteiger partial charge in [-0.05, 0) is 0 Å². The van der Waals surface area contributed by atoms with Crippen molar-refractivity contribution >= 4 is 0 Å². The Morgan fingerprint density at radius 3 is 0.298 bits per heavy atom. The van der Waals surface area contributed by atoms with Crippen LogP contribution in [-0.4, -0.2) is 453 Å². The van der Waals surface area contributed by atoms with Crippen molar-refractivity contribution in [2.24, 2.45) is 0 Å². The lowest BCUT2D eigenvalue weighted by Gasteiger charge is -2.53. The van der Waals surface area contributed by atoms with Gasteiger partial charge < -0.3 is 192 Å². The van der Waals surface area contributed by atoms with Crippen molar-refractivity contribution in [3.63, 3.8) is 0 Å². The summed E-state index contributed by atoms with van der Waals surface area (Å²) >= 11 is 0. The molecule has 30 heterocycles. The summed E-state index contributed by atoms with van der Waals surface area (Å²) in [5.74, 6) is 0. The molecule has 104 heavy (non-hydrogen) atoms. The van der Waals surface area contributed by atoms with E-state index in [4.69, 9.17) is 152 Å². The Morgan fingerprint density at radius 1 is 0.144 bits per heavy atom. The van der Waals surface area contributed by atoms with Gasteiger partial charge in [0.25, 0.3) is 0 Å². The maximum atomic E-state index is 11.2. The third kappa shape index (κ3) is 17.5. The van der Waals surface area contributed by atoms with Crippen LogP contribution in [0.15, 0.2) is 0 Å². The number of aliphatic hydroxyl groups excluding tert-OH is 8. The molecule has 30 aliphatic rings. The maximum Gasteiger partial charge on any atom is 0.187 e. The zero-order chi connectivity index (χ0) is 75.4. The SMILES string of the molecule is CO[C@@H]1[C@@H](OC)[C@H]2O[C@H]3[C@H](OC)[C@@H](OC)[C@@H](O[C@H]4[C@H](OC)[C@@H](OC)[C@@H](O[C@H]5[C@H](OC)[C@@H](OC)[C@@H](O[C@H]6[C@H](OC)[C@@H](OC)[C@@H](O[C@H]7[C@H](OC)[C@@H](OC)[C@@H](O[C@H]8[C@H](OC)[C@@H](OC)[C@@H](O[C@H]9[C@H](OC)[C@@H](OC)[C@@H](O[C@@H]1[C@@H](CO)O2)O[C@@H]9CO)O[C@@H]8CO)O[C@@H]7CO)O[C@@H]6CO)O[C@@H]5CO)O[C@@H]4CO)O[C@@H]3CO. The number of ether oxygens (including phenoxy) is 32. The molecule has 0 unspecified atom stereocenters. The number of hydrogen-bond acceptors (Lipinski definition) is 40. The molecule has 40 atom stereocenters. The molecule has 0 radical (unpaired) electrons. The van der Waals surface area contributed by atoms with Gasteiger partial charge in [-0.1, -0.05) is 0 Å². The number of methoxy groups -OCH3 is 16. The highest BCUT2D eigenvalue weighted by molar-refractivity contribution is 5.05. The summed E-state index contributed by atoms with van der Waals surface area (Å²) < 4.78 is 203. The molecule has 0 amide bonds. The van der Waals surface area contributed by atoms with E-state index in [-0.39, 0.29) is 0 Å². The number of rotatable bonds is 24. The summed E-state index contributed by atoms with van der Waals surface area (Å²) in [6, 6.07) is 0. The largest absolute Gasteiger partial charge is 0.394 e. The lowest BCUT2D eigenvalue weighted by Crippen LogP contribution is -2.70. The van der Waals surface area contributed by atoms with E-state index in [0.29, 0.717) is 0 Å². The normalized spacial score (nSPS) is 48.7. The molecule has 30 rings (SSSR count). The fraction of sp³-hybridized carbons (Fsp3) is 1.00. The van der Waals surface area contributed by atoms with Crippen molar-refractivity contribution < 1.29 is 192 Å². The summed E-state index contributed by atoms with van der Waals surface area (Å²) in [6.07, 6.45) is -51.1. The number of hydrogen-bond donors (Lipinski definition) is 8. The molecular formula is C64H112O40. The molecule has 0 aromatic carbocycles. The third-order valence-electron chi connectivity index (χ3n) is 20.9. The standard InChI is InChI=1S/C64H112O40/c1-73-41-33-25(17-65)89-57(49(41)81-9)98-34-26(18-66)91-59(51(83-11)42(34)74-2)100-36-28(20-68)93-61(53(85-13)44(36)76-4)102-38-30(22-70)95-63(55(87-15)46(38)78-6)104-40-32(24-72)96-64(56(88-16)48(40)80-8)103-39-31(23-71)94-62(54(86-14)47(39)79-7)101-37-29(21-69)92-60(52(84-12)45(37)77-5)99-35-27(19-67)90-58(97-33)50(82-10)43(35)75-3/h25-72H,17-24H2,1-16H3/t25-,26-,27-,28-,29-,30-,31-,32-,33-,34-,35-,36-,37-,38-,39-,40-,41+,42+,43+,44+,45+,46+,47+,48+,49-,50-,51-,52-,53-,54-,55-,56-,57-,58-,59-,60-,61-,62-,63-,64-/m1/s1. The van der Waals surface area contributed by atoms with Crippen molar-refractivity contribution in [3.8, 4) is 0 Å². The Bertz CT molecular complexity index is 1960. The van der Waals surface area contributed by atoms with Crippen molar-refractivity contribution in [3.05, 3.63) is 0 Å². The van der Waals surface area contributed by atoms with Crippen molar-refractivity contribution in [1.82, 2.24) is 0 Å². The van der Waals surface area contributed by atoms with Crippen LogP contribution in [-0.2, 0) is 152 Å². The van der Waals surface area contributed by atoms with E-state index in [1.54, 1.807) is 0 Å². The molecule has 0 aromatic rings. The fourth-order valence-electron chi connectivity index (χ4n) is 15.8. The van der Waals surface area contributed by atoms with Crippen molar-refractivity contribution in [2.45, 2.75) is 246 Å². The average molecular weight is 1520 g/mol. The van der Waals surface area contributed by atoms with Gasteiger partial charge in [0.1, 0.15) is 195 Å². The summed E-state index contributed by atoms with van der Waals surface area (Å²) in [5.41, 5.74) is 0. The fourth-order valence-corrected chi connectivity index (χ4v) is 15.8. The minimum atomic E-state index is -1.45.